The highest BCUT2D eigenvalue weighted by Gasteiger charge is 2.40. The Morgan fingerprint density at radius 1 is 1.31 bits per heavy atom. The molecule has 0 aliphatic heterocycles. The van der Waals surface area contributed by atoms with Crippen LogP contribution in [0.25, 0.3) is 0 Å². The van der Waals surface area contributed by atoms with E-state index in [-0.39, 0.29) is 12.2 Å². The number of ether oxygens (including phenoxy) is 1. The van der Waals surface area contributed by atoms with Crippen molar-refractivity contribution < 1.29 is 9.84 Å². The van der Waals surface area contributed by atoms with Crippen LogP contribution in [0, 0.1) is 17.8 Å². The summed E-state index contributed by atoms with van der Waals surface area (Å²) < 4.78 is 5.39. The smallest absolute Gasteiger partial charge is 0.0830 e. The van der Waals surface area contributed by atoms with Crippen molar-refractivity contribution in [3.63, 3.8) is 0 Å². The number of rotatable bonds is 6. The Labute approximate surface area is 99.4 Å². The minimum Gasteiger partial charge on any atom is -0.390 e. The molecule has 5 unspecified atom stereocenters. The molecule has 0 spiro atoms. The van der Waals surface area contributed by atoms with Crippen LogP contribution in [-0.4, -0.2) is 24.4 Å². The fourth-order valence-corrected chi connectivity index (χ4v) is 3.88. The standard InChI is InChI=1S/C14H26O2/c1-3-4-14(16-2)13(15)9-12-8-10-5-6-11(12)7-10/h10-15H,3-9H2,1-2H3. The summed E-state index contributed by atoms with van der Waals surface area (Å²) in [6.45, 7) is 2.15. The van der Waals surface area contributed by atoms with Crippen LogP contribution < -0.4 is 0 Å². The molecule has 2 fully saturated rings. The molecule has 2 rings (SSSR count). The predicted molar refractivity (Wildman–Crippen MR) is 65.3 cm³/mol. The second-order valence-corrected chi connectivity index (χ2v) is 5.80. The molecule has 16 heavy (non-hydrogen) atoms. The maximum Gasteiger partial charge on any atom is 0.0830 e. The average Bonchev–Trinajstić information content (AvgIpc) is 2.87. The van der Waals surface area contributed by atoms with E-state index in [1.165, 1.54) is 25.7 Å². The van der Waals surface area contributed by atoms with Crippen molar-refractivity contribution in [2.75, 3.05) is 7.11 Å². The summed E-state index contributed by atoms with van der Waals surface area (Å²) in [4.78, 5) is 0. The van der Waals surface area contributed by atoms with E-state index in [0.29, 0.717) is 0 Å². The van der Waals surface area contributed by atoms with Crippen molar-refractivity contribution in [1.29, 1.82) is 0 Å². The van der Waals surface area contributed by atoms with Gasteiger partial charge in [-0.05, 0) is 49.9 Å². The van der Waals surface area contributed by atoms with Gasteiger partial charge in [0.1, 0.15) is 0 Å². The van der Waals surface area contributed by atoms with Crippen molar-refractivity contribution >= 4 is 0 Å². The van der Waals surface area contributed by atoms with Gasteiger partial charge in [0, 0.05) is 7.11 Å². The van der Waals surface area contributed by atoms with Gasteiger partial charge >= 0.3 is 0 Å². The summed E-state index contributed by atoms with van der Waals surface area (Å²) in [5.41, 5.74) is 0. The molecule has 2 aliphatic rings. The second-order valence-electron chi connectivity index (χ2n) is 5.80. The van der Waals surface area contributed by atoms with Crippen LogP contribution in [0.15, 0.2) is 0 Å². The zero-order valence-corrected chi connectivity index (χ0v) is 10.7. The summed E-state index contributed by atoms with van der Waals surface area (Å²) >= 11 is 0. The molecule has 2 bridgehead atoms. The lowest BCUT2D eigenvalue weighted by Gasteiger charge is -2.28. The molecule has 94 valence electrons. The molecule has 5 atom stereocenters. The normalized spacial score (nSPS) is 36.6. The van der Waals surface area contributed by atoms with Gasteiger partial charge in [0.15, 0.2) is 0 Å². The lowest BCUT2D eigenvalue weighted by atomic mass is 9.83. The molecular formula is C14H26O2. The van der Waals surface area contributed by atoms with Crippen molar-refractivity contribution in [2.24, 2.45) is 17.8 Å². The molecule has 2 nitrogen and oxygen atoms in total. The molecular weight excluding hydrogens is 200 g/mol. The van der Waals surface area contributed by atoms with E-state index in [4.69, 9.17) is 4.74 Å². The van der Waals surface area contributed by atoms with Crippen LogP contribution >= 0.6 is 0 Å². The molecule has 0 aromatic heterocycles. The SMILES string of the molecule is CCCC(OC)C(O)CC1CC2CCC1C2. The number of hydrogen-bond acceptors (Lipinski definition) is 2. The first-order chi connectivity index (χ1) is 7.74. The van der Waals surface area contributed by atoms with E-state index in [0.717, 1.165) is 37.0 Å². The third kappa shape index (κ3) is 2.60. The molecule has 0 aromatic rings. The summed E-state index contributed by atoms with van der Waals surface area (Å²) in [5.74, 6) is 2.68. The summed E-state index contributed by atoms with van der Waals surface area (Å²) in [6.07, 6.45) is 8.52. The first kappa shape index (κ1) is 12.4. The van der Waals surface area contributed by atoms with Gasteiger partial charge in [-0.15, -0.1) is 0 Å². The summed E-state index contributed by atoms with van der Waals surface area (Å²) in [7, 11) is 1.73. The van der Waals surface area contributed by atoms with E-state index in [9.17, 15) is 5.11 Å². The largest absolute Gasteiger partial charge is 0.390 e. The number of hydrogen-bond donors (Lipinski definition) is 1. The van der Waals surface area contributed by atoms with E-state index >= 15 is 0 Å². The zero-order chi connectivity index (χ0) is 11.5. The van der Waals surface area contributed by atoms with Gasteiger partial charge in [0.05, 0.1) is 12.2 Å². The van der Waals surface area contributed by atoms with Crippen molar-refractivity contribution in [3.05, 3.63) is 0 Å². The van der Waals surface area contributed by atoms with E-state index in [2.05, 4.69) is 6.92 Å². The van der Waals surface area contributed by atoms with Gasteiger partial charge in [0.25, 0.3) is 0 Å². The van der Waals surface area contributed by atoms with Gasteiger partial charge in [-0.3, -0.25) is 0 Å². The Bertz CT molecular complexity index is 217. The number of methoxy groups -OCH3 is 1. The molecule has 2 aliphatic carbocycles. The first-order valence-electron chi connectivity index (χ1n) is 6.95. The Hall–Kier alpha value is -0.0800. The Kier molecular flexibility index (Phi) is 4.26. The number of aliphatic hydroxyl groups is 1. The van der Waals surface area contributed by atoms with Crippen molar-refractivity contribution in [2.45, 2.75) is 64.1 Å². The maximum atomic E-state index is 10.2. The van der Waals surface area contributed by atoms with Crippen LogP contribution in [0.5, 0.6) is 0 Å². The monoisotopic (exact) mass is 226 g/mol. The lowest BCUT2D eigenvalue weighted by Crippen LogP contribution is -2.31. The quantitative estimate of drug-likeness (QED) is 0.754. The summed E-state index contributed by atoms with van der Waals surface area (Å²) in [6, 6.07) is 0. The van der Waals surface area contributed by atoms with Crippen LogP contribution in [0.2, 0.25) is 0 Å². The van der Waals surface area contributed by atoms with Crippen LogP contribution in [0.4, 0.5) is 0 Å². The highest BCUT2D eigenvalue weighted by atomic mass is 16.5. The van der Waals surface area contributed by atoms with Crippen molar-refractivity contribution in [3.8, 4) is 0 Å². The maximum absolute atomic E-state index is 10.2. The van der Waals surface area contributed by atoms with Crippen LogP contribution in [0.1, 0.15) is 51.9 Å². The molecule has 0 saturated heterocycles. The highest BCUT2D eigenvalue weighted by Crippen LogP contribution is 2.50. The number of fused-ring (bicyclic) bond motifs is 2. The van der Waals surface area contributed by atoms with Crippen LogP contribution in [0.3, 0.4) is 0 Å². The molecule has 0 radical (unpaired) electrons. The van der Waals surface area contributed by atoms with Gasteiger partial charge in [-0.25, -0.2) is 0 Å². The minimum atomic E-state index is -0.241. The molecule has 2 saturated carbocycles. The fraction of sp³-hybridized carbons (Fsp3) is 1.00. The van der Waals surface area contributed by atoms with E-state index in [1.54, 1.807) is 7.11 Å². The molecule has 0 aromatic carbocycles. The van der Waals surface area contributed by atoms with Crippen molar-refractivity contribution in [1.82, 2.24) is 0 Å². The van der Waals surface area contributed by atoms with Gasteiger partial charge in [0.2, 0.25) is 0 Å². The van der Waals surface area contributed by atoms with Gasteiger partial charge < -0.3 is 9.84 Å². The fourth-order valence-electron chi connectivity index (χ4n) is 3.88. The molecule has 0 amide bonds. The third-order valence-corrected chi connectivity index (χ3v) is 4.73. The highest BCUT2D eigenvalue weighted by molar-refractivity contribution is 4.91. The number of aliphatic hydroxyl groups excluding tert-OH is 1. The van der Waals surface area contributed by atoms with Gasteiger partial charge in [-0.2, -0.15) is 0 Å². The third-order valence-electron chi connectivity index (χ3n) is 4.73. The Morgan fingerprint density at radius 2 is 2.12 bits per heavy atom. The molecule has 2 heteroatoms. The zero-order valence-electron chi connectivity index (χ0n) is 10.7. The van der Waals surface area contributed by atoms with Crippen LogP contribution in [-0.2, 0) is 4.74 Å². The molecule has 1 N–H and O–H groups in total. The topological polar surface area (TPSA) is 29.5 Å². The van der Waals surface area contributed by atoms with E-state index in [1.807, 2.05) is 0 Å². The lowest BCUT2D eigenvalue weighted by molar-refractivity contribution is -0.0309. The predicted octanol–water partition coefficient (Wildman–Crippen LogP) is 2.99. The van der Waals surface area contributed by atoms with E-state index < -0.39 is 0 Å². The molecule has 0 heterocycles. The Morgan fingerprint density at radius 3 is 2.62 bits per heavy atom. The average molecular weight is 226 g/mol. The second kappa shape index (κ2) is 5.50. The summed E-state index contributed by atoms with van der Waals surface area (Å²) in [5, 5.41) is 10.2. The Balaban J connectivity index is 1.79. The first-order valence-corrected chi connectivity index (χ1v) is 6.95. The van der Waals surface area contributed by atoms with Gasteiger partial charge in [-0.1, -0.05) is 19.8 Å². The minimum absolute atomic E-state index is 0.0594.